The molecule has 0 atom stereocenters. The first-order chi connectivity index (χ1) is 18.7. The van der Waals surface area contributed by atoms with Crippen LogP contribution in [0, 0.1) is 0 Å². The normalized spacial score (nSPS) is 14.4. The van der Waals surface area contributed by atoms with Gasteiger partial charge >= 0.3 is 12.3 Å². The maximum Gasteiger partial charge on any atom is 0.416 e. The van der Waals surface area contributed by atoms with E-state index in [0.29, 0.717) is 54.4 Å². The number of rotatable bonds is 5. The predicted octanol–water partition coefficient (Wildman–Crippen LogP) is 5.66. The van der Waals surface area contributed by atoms with Gasteiger partial charge in [0.1, 0.15) is 12.4 Å². The quantitative estimate of drug-likeness (QED) is 0.353. The van der Waals surface area contributed by atoms with Crippen LogP contribution in [0.1, 0.15) is 35.7 Å². The van der Waals surface area contributed by atoms with Crippen molar-refractivity contribution in [2.45, 2.75) is 31.5 Å². The summed E-state index contributed by atoms with van der Waals surface area (Å²) in [6, 6.07) is 16.2. The lowest BCUT2D eigenvalue weighted by Gasteiger charge is -2.31. The van der Waals surface area contributed by atoms with Crippen molar-refractivity contribution in [3.8, 4) is 22.6 Å². The summed E-state index contributed by atoms with van der Waals surface area (Å²) in [6.45, 7) is 1.14. The fourth-order valence-corrected chi connectivity index (χ4v) is 4.85. The minimum Gasteiger partial charge on any atom is -0.445 e. The van der Waals surface area contributed by atoms with Crippen LogP contribution >= 0.6 is 0 Å². The zero-order valence-electron chi connectivity index (χ0n) is 21.2. The van der Waals surface area contributed by atoms with E-state index in [9.17, 15) is 18.0 Å². The van der Waals surface area contributed by atoms with Gasteiger partial charge in [-0.05, 0) is 36.6 Å². The molecule has 202 valence electrons. The smallest absolute Gasteiger partial charge is 0.416 e. The number of carbonyl (C=O) groups excluding carboxylic acids is 1. The molecule has 1 fully saturated rings. The largest absolute Gasteiger partial charge is 0.445 e. The molecule has 3 heterocycles. The minimum atomic E-state index is -4.49. The first-order valence-corrected chi connectivity index (χ1v) is 12.5. The topological polar surface area (TPSA) is 99.2 Å². The van der Waals surface area contributed by atoms with Gasteiger partial charge in [-0.15, -0.1) is 0 Å². The number of piperidine rings is 1. The number of nitrogen functional groups attached to an aromatic ring is 1. The average Bonchev–Trinajstić information content (AvgIpc) is 3.29. The number of imidazole rings is 1. The highest BCUT2D eigenvalue weighted by atomic mass is 19.4. The van der Waals surface area contributed by atoms with Gasteiger partial charge in [0.15, 0.2) is 0 Å². The molecule has 1 amide bonds. The zero-order valence-corrected chi connectivity index (χ0v) is 21.2. The standard InChI is InChI=1S/C28H27F3N6O2/c1-36-24(22-10-13-33-26(32)34-22)23(20-8-5-9-21(16-20)28(29,30)31)35-25(36)19-11-14-37(15-12-19)27(38)39-17-18-6-3-2-4-7-18/h2-10,13,16,19H,11-12,14-15,17H2,1H3,(H2,32,33,34). The number of halogens is 3. The van der Waals surface area contributed by atoms with E-state index in [4.69, 9.17) is 15.5 Å². The molecule has 2 N–H and O–H groups in total. The van der Waals surface area contributed by atoms with Gasteiger partial charge in [0.25, 0.3) is 0 Å². The number of carbonyl (C=O) groups is 1. The second-order valence-electron chi connectivity index (χ2n) is 9.41. The van der Waals surface area contributed by atoms with Crippen LogP contribution < -0.4 is 5.73 Å². The van der Waals surface area contributed by atoms with Crippen molar-refractivity contribution in [3.63, 3.8) is 0 Å². The summed E-state index contributed by atoms with van der Waals surface area (Å²) in [5.74, 6) is 0.727. The molecular weight excluding hydrogens is 509 g/mol. The summed E-state index contributed by atoms with van der Waals surface area (Å²) in [5.41, 5.74) is 7.67. The number of ether oxygens (including phenoxy) is 1. The van der Waals surface area contributed by atoms with Gasteiger partial charge in [0.2, 0.25) is 5.95 Å². The number of anilines is 1. The fraction of sp³-hybridized carbons (Fsp3) is 0.286. The molecule has 8 nitrogen and oxygen atoms in total. The van der Waals surface area contributed by atoms with Gasteiger partial charge in [-0.1, -0.05) is 42.5 Å². The Hall–Kier alpha value is -4.41. The highest BCUT2D eigenvalue weighted by Crippen LogP contribution is 2.38. The summed E-state index contributed by atoms with van der Waals surface area (Å²) in [6.07, 6.45) is -2.12. The van der Waals surface area contributed by atoms with Crippen molar-refractivity contribution in [1.29, 1.82) is 0 Å². The molecular formula is C28H27F3N6O2. The molecule has 0 bridgehead atoms. The third-order valence-corrected chi connectivity index (χ3v) is 6.83. The Labute approximate surface area is 223 Å². The number of benzene rings is 2. The fourth-order valence-electron chi connectivity index (χ4n) is 4.85. The monoisotopic (exact) mass is 536 g/mol. The lowest BCUT2D eigenvalue weighted by Crippen LogP contribution is -2.38. The van der Waals surface area contributed by atoms with Crippen LogP contribution in [0.25, 0.3) is 22.6 Å². The van der Waals surface area contributed by atoms with Gasteiger partial charge < -0.3 is 19.9 Å². The summed E-state index contributed by atoms with van der Waals surface area (Å²) in [7, 11) is 1.81. The Morgan fingerprint density at radius 3 is 2.49 bits per heavy atom. The molecule has 11 heteroatoms. The molecule has 1 aliphatic rings. The molecule has 0 unspecified atom stereocenters. The highest BCUT2D eigenvalue weighted by molar-refractivity contribution is 5.78. The van der Waals surface area contributed by atoms with E-state index in [1.807, 2.05) is 41.9 Å². The summed E-state index contributed by atoms with van der Waals surface area (Å²) in [5, 5.41) is 0. The maximum atomic E-state index is 13.5. The Kier molecular flexibility index (Phi) is 7.23. The van der Waals surface area contributed by atoms with Gasteiger partial charge in [-0.3, -0.25) is 0 Å². The number of nitrogens with two attached hydrogens (primary N) is 1. The van der Waals surface area contributed by atoms with Crippen molar-refractivity contribution in [2.24, 2.45) is 7.05 Å². The van der Waals surface area contributed by atoms with Crippen LogP contribution in [-0.2, 0) is 24.6 Å². The van der Waals surface area contributed by atoms with E-state index >= 15 is 0 Å². The summed E-state index contributed by atoms with van der Waals surface area (Å²) in [4.78, 5) is 27.4. The number of likely N-dealkylation sites (tertiary alicyclic amines) is 1. The summed E-state index contributed by atoms with van der Waals surface area (Å²) >= 11 is 0. The number of alkyl halides is 3. The Balaban J connectivity index is 1.40. The first kappa shape index (κ1) is 26.2. The van der Waals surface area contributed by atoms with Crippen LogP contribution in [0.2, 0.25) is 0 Å². The molecule has 39 heavy (non-hydrogen) atoms. The van der Waals surface area contributed by atoms with E-state index < -0.39 is 11.7 Å². The van der Waals surface area contributed by atoms with E-state index in [1.54, 1.807) is 17.0 Å². The van der Waals surface area contributed by atoms with Crippen LogP contribution in [0.5, 0.6) is 0 Å². The van der Waals surface area contributed by atoms with Crippen LogP contribution in [0.3, 0.4) is 0 Å². The molecule has 0 aliphatic carbocycles. The number of hydrogen-bond donors (Lipinski definition) is 1. The van der Waals surface area contributed by atoms with Crippen LogP contribution in [-0.4, -0.2) is 43.6 Å². The molecule has 2 aromatic carbocycles. The summed E-state index contributed by atoms with van der Waals surface area (Å²) < 4.78 is 47.8. The number of nitrogens with zero attached hydrogens (tertiary/aromatic N) is 5. The molecule has 2 aromatic heterocycles. The predicted molar refractivity (Wildman–Crippen MR) is 139 cm³/mol. The van der Waals surface area contributed by atoms with Crippen molar-refractivity contribution >= 4 is 12.0 Å². The van der Waals surface area contributed by atoms with Crippen molar-refractivity contribution in [1.82, 2.24) is 24.4 Å². The SMILES string of the molecule is Cn1c(C2CCN(C(=O)OCc3ccccc3)CC2)nc(-c2cccc(C(F)(F)F)c2)c1-c1ccnc(N)n1. The minimum absolute atomic E-state index is 0.0225. The Bertz CT molecular complexity index is 1460. The molecule has 1 aliphatic heterocycles. The molecule has 0 spiro atoms. The van der Waals surface area contributed by atoms with Crippen molar-refractivity contribution in [2.75, 3.05) is 18.8 Å². The molecule has 5 rings (SSSR count). The molecule has 0 radical (unpaired) electrons. The van der Waals surface area contributed by atoms with Gasteiger partial charge in [-0.25, -0.2) is 19.7 Å². The second kappa shape index (κ2) is 10.8. The number of aromatic nitrogens is 4. The van der Waals surface area contributed by atoms with Gasteiger partial charge in [0.05, 0.1) is 22.6 Å². The number of hydrogen-bond acceptors (Lipinski definition) is 6. The maximum absolute atomic E-state index is 13.5. The molecule has 0 saturated carbocycles. The van der Waals surface area contributed by atoms with Crippen LogP contribution in [0.15, 0.2) is 66.9 Å². The van der Waals surface area contributed by atoms with E-state index in [2.05, 4.69) is 9.97 Å². The zero-order chi connectivity index (χ0) is 27.6. The van der Waals surface area contributed by atoms with E-state index in [1.165, 1.54) is 12.3 Å². The molecule has 4 aromatic rings. The second-order valence-corrected chi connectivity index (χ2v) is 9.41. The van der Waals surface area contributed by atoms with Gasteiger partial charge in [0, 0.05) is 37.8 Å². The van der Waals surface area contributed by atoms with E-state index in [0.717, 1.165) is 17.7 Å². The third-order valence-electron chi connectivity index (χ3n) is 6.83. The van der Waals surface area contributed by atoms with E-state index in [-0.39, 0.29) is 24.6 Å². The van der Waals surface area contributed by atoms with Gasteiger partial charge in [-0.2, -0.15) is 13.2 Å². The third kappa shape index (κ3) is 5.71. The van der Waals surface area contributed by atoms with Crippen molar-refractivity contribution < 1.29 is 22.7 Å². The molecule has 1 saturated heterocycles. The Morgan fingerprint density at radius 2 is 1.79 bits per heavy atom. The first-order valence-electron chi connectivity index (χ1n) is 12.5. The Morgan fingerprint density at radius 1 is 1.05 bits per heavy atom. The lowest BCUT2D eigenvalue weighted by atomic mass is 9.96. The number of amides is 1. The van der Waals surface area contributed by atoms with Crippen molar-refractivity contribution in [3.05, 3.63) is 83.8 Å². The van der Waals surface area contributed by atoms with Crippen LogP contribution in [0.4, 0.5) is 23.9 Å². The average molecular weight is 537 g/mol. The highest BCUT2D eigenvalue weighted by Gasteiger charge is 2.33. The lowest BCUT2D eigenvalue weighted by molar-refractivity contribution is -0.137.